The van der Waals surface area contributed by atoms with E-state index in [1.165, 1.54) is 12.2 Å². The van der Waals surface area contributed by atoms with Crippen molar-refractivity contribution in [3.05, 3.63) is 0 Å². The Labute approximate surface area is 118 Å². The van der Waals surface area contributed by atoms with Crippen LogP contribution in [-0.2, 0) is 28.7 Å². The first-order valence-electron chi connectivity index (χ1n) is 5.57. The molecule has 112 valence electrons. The Balaban J connectivity index is 5.15. The molecular formula is C11H11N3O7. The first-order chi connectivity index (χ1) is 10.0. The van der Waals surface area contributed by atoms with E-state index in [0.29, 0.717) is 0 Å². The lowest BCUT2D eigenvalue weighted by atomic mass is 9.92. The van der Waals surface area contributed by atoms with Gasteiger partial charge in [0.25, 0.3) is 0 Å². The Bertz CT molecular complexity index is 528. The summed E-state index contributed by atoms with van der Waals surface area (Å²) >= 11 is 0. The van der Waals surface area contributed by atoms with Crippen molar-refractivity contribution in [1.29, 1.82) is 0 Å². The van der Waals surface area contributed by atoms with Crippen molar-refractivity contribution in [3.63, 3.8) is 0 Å². The van der Waals surface area contributed by atoms with Crippen LogP contribution in [0.4, 0.5) is 0 Å². The van der Waals surface area contributed by atoms with E-state index in [4.69, 9.17) is 9.84 Å². The minimum Gasteiger partial charge on any atom is -0.481 e. The predicted molar refractivity (Wildman–Crippen MR) is 64.7 cm³/mol. The molecule has 0 rings (SSSR count). The normalized spacial score (nSPS) is 11.8. The lowest BCUT2D eigenvalue weighted by molar-refractivity contribution is -0.154. The number of rotatable bonds is 10. The number of nitrogens with zero attached hydrogens (tertiary/aromatic N) is 3. The Morgan fingerprint density at radius 2 is 1.67 bits per heavy atom. The van der Waals surface area contributed by atoms with Gasteiger partial charge in [0, 0.05) is 6.42 Å². The molecule has 0 bridgehead atoms. The van der Waals surface area contributed by atoms with Crippen molar-refractivity contribution in [2.24, 2.45) is 15.0 Å². The zero-order valence-electron chi connectivity index (χ0n) is 10.8. The smallest absolute Gasteiger partial charge is 0.335 e. The lowest BCUT2D eigenvalue weighted by Gasteiger charge is -2.23. The van der Waals surface area contributed by atoms with Crippen LogP contribution in [0, 0.1) is 0 Å². The third-order valence-corrected chi connectivity index (χ3v) is 2.29. The summed E-state index contributed by atoms with van der Waals surface area (Å²) in [5.74, 6) is -2.53. The third kappa shape index (κ3) is 6.70. The molecule has 1 unspecified atom stereocenters. The fourth-order valence-corrected chi connectivity index (χ4v) is 1.39. The molecule has 1 atom stereocenters. The van der Waals surface area contributed by atoms with E-state index in [0.717, 1.165) is 6.08 Å². The molecule has 0 amide bonds. The Kier molecular flexibility index (Phi) is 8.56. The highest BCUT2D eigenvalue weighted by Crippen LogP contribution is 2.23. The van der Waals surface area contributed by atoms with Crippen LogP contribution in [0.15, 0.2) is 15.0 Å². The van der Waals surface area contributed by atoms with Crippen LogP contribution < -0.4 is 0 Å². The summed E-state index contributed by atoms with van der Waals surface area (Å²) in [6.07, 6.45) is 2.36. The molecule has 0 aromatic rings. The van der Waals surface area contributed by atoms with Crippen LogP contribution in [0.25, 0.3) is 0 Å². The summed E-state index contributed by atoms with van der Waals surface area (Å²) in [6, 6.07) is 0. The van der Waals surface area contributed by atoms with Crippen LogP contribution in [-0.4, -0.2) is 60.5 Å². The number of carbonyl (C=O) groups excluding carboxylic acids is 4. The van der Waals surface area contributed by atoms with E-state index >= 15 is 0 Å². The molecular weight excluding hydrogens is 286 g/mol. The molecule has 0 aliphatic rings. The van der Waals surface area contributed by atoms with E-state index in [9.17, 15) is 24.0 Å². The molecule has 0 saturated carbocycles. The minimum absolute atomic E-state index is 0.171. The molecule has 0 aromatic heterocycles. The first kappa shape index (κ1) is 18.1. The van der Waals surface area contributed by atoms with Crippen molar-refractivity contribution in [2.45, 2.75) is 18.4 Å². The number of aliphatic carboxylic acids is 1. The predicted octanol–water partition coefficient (Wildman–Crippen LogP) is -0.859. The lowest BCUT2D eigenvalue weighted by Crippen LogP contribution is -2.41. The monoisotopic (exact) mass is 297 g/mol. The number of ether oxygens (including phenoxy) is 1. The highest BCUT2D eigenvalue weighted by molar-refractivity contribution is 5.87. The Morgan fingerprint density at radius 3 is 2.19 bits per heavy atom. The molecule has 1 N–H and O–H groups in total. The second kappa shape index (κ2) is 9.94. The summed E-state index contributed by atoms with van der Waals surface area (Å²) in [4.78, 5) is 62.5. The average Bonchev–Trinajstić information content (AvgIpc) is 2.43. The highest BCUT2D eigenvalue weighted by atomic mass is 16.5. The van der Waals surface area contributed by atoms with Gasteiger partial charge >= 0.3 is 11.9 Å². The second-order valence-electron chi connectivity index (χ2n) is 3.64. The van der Waals surface area contributed by atoms with Crippen molar-refractivity contribution >= 4 is 30.2 Å². The van der Waals surface area contributed by atoms with Gasteiger partial charge in [0.1, 0.15) is 6.61 Å². The average molecular weight is 297 g/mol. The summed E-state index contributed by atoms with van der Waals surface area (Å²) < 4.78 is 4.71. The van der Waals surface area contributed by atoms with Crippen LogP contribution in [0.5, 0.6) is 0 Å². The molecule has 0 heterocycles. The van der Waals surface area contributed by atoms with Gasteiger partial charge < -0.3 is 9.84 Å². The van der Waals surface area contributed by atoms with Gasteiger partial charge in [-0.05, 0) is 0 Å². The van der Waals surface area contributed by atoms with Gasteiger partial charge in [-0.15, -0.1) is 0 Å². The molecule has 0 saturated heterocycles. The van der Waals surface area contributed by atoms with Gasteiger partial charge in [0.05, 0.1) is 19.5 Å². The van der Waals surface area contributed by atoms with Crippen LogP contribution in [0.3, 0.4) is 0 Å². The zero-order valence-corrected chi connectivity index (χ0v) is 10.8. The van der Waals surface area contributed by atoms with Crippen molar-refractivity contribution < 1.29 is 33.8 Å². The summed E-state index contributed by atoms with van der Waals surface area (Å²) in [5.41, 5.74) is -2.04. The van der Waals surface area contributed by atoms with E-state index in [1.807, 2.05) is 0 Å². The number of aliphatic imine (C=N–C) groups is 3. The number of isocyanates is 3. The maximum atomic E-state index is 11.9. The number of esters is 1. The van der Waals surface area contributed by atoms with Crippen LogP contribution in [0.1, 0.15) is 12.8 Å². The fourth-order valence-electron chi connectivity index (χ4n) is 1.39. The second-order valence-corrected chi connectivity index (χ2v) is 3.64. The standard InChI is InChI=1S/C11H11N3O7/c15-6-12-2-1-11(14-8-17,5-9(18)19)10(20)21-4-3-13-7-16/h1-5H2,(H,18,19). The molecule has 10 heteroatoms. The Morgan fingerprint density at radius 1 is 1.05 bits per heavy atom. The van der Waals surface area contributed by atoms with Crippen LogP contribution in [0.2, 0.25) is 0 Å². The van der Waals surface area contributed by atoms with Gasteiger partial charge in [-0.3, -0.25) is 4.79 Å². The minimum atomic E-state index is -2.04. The first-order valence-corrected chi connectivity index (χ1v) is 5.57. The maximum absolute atomic E-state index is 11.9. The molecule has 21 heavy (non-hydrogen) atoms. The van der Waals surface area contributed by atoms with Gasteiger partial charge in [-0.25, -0.2) is 29.2 Å². The number of hydrogen-bond acceptors (Lipinski definition) is 9. The summed E-state index contributed by atoms with van der Waals surface area (Å²) in [7, 11) is 0. The van der Waals surface area contributed by atoms with E-state index in [-0.39, 0.29) is 26.1 Å². The SMILES string of the molecule is O=C=NCCOC(=O)C(CCN=C=O)(CC(=O)O)N=C=O. The number of carboxylic acid groups (broad SMARTS) is 1. The molecule has 0 aromatic carbocycles. The molecule has 10 nitrogen and oxygen atoms in total. The molecule has 0 spiro atoms. The summed E-state index contributed by atoms with van der Waals surface area (Å²) in [5, 5.41) is 8.82. The van der Waals surface area contributed by atoms with E-state index < -0.39 is 23.9 Å². The van der Waals surface area contributed by atoms with E-state index in [1.54, 1.807) is 0 Å². The number of carboxylic acids is 1. The largest absolute Gasteiger partial charge is 0.481 e. The van der Waals surface area contributed by atoms with Crippen molar-refractivity contribution in [3.8, 4) is 0 Å². The zero-order chi connectivity index (χ0) is 16.1. The molecule has 0 radical (unpaired) electrons. The molecule has 0 aliphatic carbocycles. The Hall–Kier alpha value is -2.92. The number of carbonyl (C=O) groups is 2. The maximum Gasteiger partial charge on any atom is 0.335 e. The summed E-state index contributed by atoms with van der Waals surface area (Å²) in [6.45, 7) is -0.764. The van der Waals surface area contributed by atoms with Crippen molar-refractivity contribution in [1.82, 2.24) is 0 Å². The number of hydrogen-bond donors (Lipinski definition) is 1. The highest BCUT2D eigenvalue weighted by Gasteiger charge is 2.42. The van der Waals surface area contributed by atoms with Gasteiger partial charge in [-0.2, -0.15) is 4.99 Å². The van der Waals surface area contributed by atoms with Gasteiger partial charge in [0.15, 0.2) is 5.54 Å². The van der Waals surface area contributed by atoms with Crippen LogP contribution >= 0.6 is 0 Å². The molecule has 0 fully saturated rings. The third-order valence-electron chi connectivity index (χ3n) is 2.29. The topological polar surface area (TPSA) is 152 Å². The van der Waals surface area contributed by atoms with Crippen molar-refractivity contribution in [2.75, 3.05) is 19.7 Å². The van der Waals surface area contributed by atoms with E-state index in [2.05, 4.69) is 15.0 Å². The fraction of sp³-hybridized carbons (Fsp3) is 0.545. The van der Waals surface area contributed by atoms with Gasteiger partial charge in [0.2, 0.25) is 18.2 Å². The quantitative estimate of drug-likeness (QED) is 0.238. The molecule has 0 aliphatic heterocycles. The van der Waals surface area contributed by atoms with Gasteiger partial charge in [-0.1, -0.05) is 0 Å².